The largest absolute Gasteiger partial charge is 0.353 e. The molecule has 0 bridgehead atoms. The molecule has 1 amide bonds. The van der Waals surface area contributed by atoms with Gasteiger partial charge in [0.15, 0.2) is 0 Å². The van der Waals surface area contributed by atoms with Crippen LogP contribution in [-0.2, 0) is 11.3 Å². The summed E-state index contributed by atoms with van der Waals surface area (Å²) in [6.45, 7) is 1.55. The van der Waals surface area contributed by atoms with Crippen LogP contribution >= 0.6 is 11.6 Å². The third kappa shape index (κ3) is 3.96. The van der Waals surface area contributed by atoms with Crippen LogP contribution in [0.2, 0.25) is 5.02 Å². The SMILES string of the molecule is O=C(CCCNCc1ccc(Cl)c2cccnc12)NC1CC1. The van der Waals surface area contributed by atoms with Gasteiger partial charge < -0.3 is 10.6 Å². The number of carbonyl (C=O) groups is 1. The van der Waals surface area contributed by atoms with E-state index in [1.165, 1.54) is 0 Å². The van der Waals surface area contributed by atoms with Crippen molar-refractivity contribution in [2.45, 2.75) is 38.3 Å². The van der Waals surface area contributed by atoms with Crippen LogP contribution in [0, 0.1) is 0 Å². The van der Waals surface area contributed by atoms with Crippen molar-refractivity contribution in [1.82, 2.24) is 15.6 Å². The number of carbonyl (C=O) groups excluding carboxylic acids is 1. The summed E-state index contributed by atoms with van der Waals surface area (Å²) in [6, 6.07) is 8.24. The van der Waals surface area contributed by atoms with E-state index in [0.717, 1.165) is 53.8 Å². The fourth-order valence-corrected chi connectivity index (χ4v) is 2.68. The summed E-state index contributed by atoms with van der Waals surface area (Å²) in [5.41, 5.74) is 2.07. The molecule has 1 heterocycles. The number of nitrogens with one attached hydrogen (secondary N) is 2. The number of benzene rings is 1. The summed E-state index contributed by atoms with van der Waals surface area (Å²) < 4.78 is 0. The van der Waals surface area contributed by atoms with Crippen LogP contribution in [0.1, 0.15) is 31.2 Å². The molecule has 1 aliphatic rings. The van der Waals surface area contributed by atoms with Crippen molar-refractivity contribution in [1.29, 1.82) is 0 Å². The van der Waals surface area contributed by atoms with Gasteiger partial charge in [-0.1, -0.05) is 17.7 Å². The third-order valence-electron chi connectivity index (χ3n) is 3.82. The Balaban J connectivity index is 1.47. The molecule has 2 N–H and O–H groups in total. The van der Waals surface area contributed by atoms with Gasteiger partial charge in [0.25, 0.3) is 0 Å². The number of aromatic nitrogens is 1. The van der Waals surface area contributed by atoms with Crippen LogP contribution in [0.4, 0.5) is 0 Å². The van der Waals surface area contributed by atoms with E-state index in [0.29, 0.717) is 12.5 Å². The molecule has 0 radical (unpaired) electrons. The van der Waals surface area contributed by atoms with Crippen LogP contribution in [0.25, 0.3) is 10.9 Å². The molecular weight excluding hydrogens is 298 g/mol. The molecule has 3 rings (SSSR count). The Labute approximate surface area is 135 Å². The quantitative estimate of drug-likeness (QED) is 0.772. The standard InChI is InChI=1S/C17H20ClN3O/c18-15-8-5-12(17-14(15)3-1-10-20-17)11-19-9-2-4-16(22)21-13-6-7-13/h1,3,5,8,10,13,19H,2,4,6-7,9,11H2,(H,21,22). The minimum Gasteiger partial charge on any atom is -0.353 e. The maximum atomic E-state index is 11.6. The van der Waals surface area contributed by atoms with Crippen molar-refractivity contribution in [2.24, 2.45) is 0 Å². The highest BCUT2D eigenvalue weighted by Crippen LogP contribution is 2.24. The molecule has 116 valence electrons. The van der Waals surface area contributed by atoms with E-state index in [2.05, 4.69) is 15.6 Å². The third-order valence-corrected chi connectivity index (χ3v) is 4.14. The van der Waals surface area contributed by atoms with Gasteiger partial charge in [-0.05, 0) is 49.6 Å². The van der Waals surface area contributed by atoms with Gasteiger partial charge >= 0.3 is 0 Å². The summed E-state index contributed by atoms with van der Waals surface area (Å²) in [7, 11) is 0. The minimum atomic E-state index is 0.169. The molecule has 22 heavy (non-hydrogen) atoms. The van der Waals surface area contributed by atoms with Crippen molar-refractivity contribution < 1.29 is 4.79 Å². The number of halogens is 1. The Hall–Kier alpha value is -1.65. The van der Waals surface area contributed by atoms with Crippen molar-refractivity contribution in [2.75, 3.05) is 6.54 Å². The highest BCUT2D eigenvalue weighted by Gasteiger charge is 2.22. The van der Waals surface area contributed by atoms with Crippen LogP contribution in [0.3, 0.4) is 0 Å². The summed E-state index contributed by atoms with van der Waals surface area (Å²) in [5.74, 6) is 0.169. The molecular formula is C17H20ClN3O. The highest BCUT2D eigenvalue weighted by atomic mass is 35.5. The molecule has 1 aromatic heterocycles. The molecule has 0 atom stereocenters. The molecule has 0 unspecified atom stereocenters. The highest BCUT2D eigenvalue weighted by molar-refractivity contribution is 6.35. The summed E-state index contributed by atoms with van der Waals surface area (Å²) in [6.07, 6.45) is 5.49. The van der Waals surface area contributed by atoms with E-state index < -0.39 is 0 Å². The number of hydrogen-bond donors (Lipinski definition) is 2. The van der Waals surface area contributed by atoms with Gasteiger partial charge in [-0.3, -0.25) is 9.78 Å². The van der Waals surface area contributed by atoms with Gasteiger partial charge in [0.05, 0.1) is 5.52 Å². The predicted octanol–water partition coefficient (Wildman–Crippen LogP) is 3.04. The van der Waals surface area contributed by atoms with E-state index in [-0.39, 0.29) is 5.91 Å². The van der Waals surface area contributed by atoms with Crippen molar-refractivity contribution >= 4 is 28.4 Å². The van der Waals surface area contributed by atoms with E-state index in [1.54, 1.807) is 6.20 Å². The van der Waals surface area contributed by atoms with Gasteiger partial charge in [-0.2, -0.15) is 0 Å². The van der Waals surface area contributed by atoms with Gasteiger partial charge in [0, 0.05) is 35.6 Å². The minimum absolute atomic E-state index is 0.169. The molecule has 1 aromatic carbocycles. The van der Waals surface area contributed by atoms with Gasteiger partial charge in [0.1, 0.15) is 0 Å². The second kappa shape index (κ2) is 7.07. The smallest absolute Gasteiger partial charge is 0.220 e. The second-order valence-electron chi connectivity index (χ2n) is 5.73. The topological polar surface area (TPSA) is 54.0 Å². The number of fused-ring (bicyclic) bond motifs is 1. The molecule has 1 saturated carbocycles. The first-order valence-corrected chi connectivity index (χ1v) is 8.14. The molecule has 1 aliphatic carbocycles. The van der Waals surface area contributed by atoms with Crippen LogP contribution < -0.4 is 10.6 Å². The first kappa shape index (κ1) is 15.3. The predicted molar refractivity (Wildman–Crippen MR) is 88.9 cm³/mol. The number of nitrogens with zero attached hydrogens (tertiary/aromatic N) is 1. The zero-order valence-corrected chi connectivity index (χ0v) is 13.2. The van der Waals surface area contributed by atoms with Crippen molar-refractivity contribution in [3.63, 3.8) is 0 Å². The van der Waals surface area contributed by atoms with Crippen molar-refractivity contribution in [3.8, 4) is 0 Å². The lowest BCUT2D eigenvalue weighted by Crippen LogP contribution is -2.26. The lowest BCUT2D eigenvalue weighted by atomic mass is 10.1. The molecule has 0 aliphatic heterocycles. The fourth-order valence-electron chi connectivity index (χ4n) is 2.46. The maximum Gasteiger partial charge on any atom is 0.220 e. The van der Waals surface area contributed by atoms with Gasteiger partial charge in [-0.25, -0.2) is 0 Å². The molecule has 1 fully saturated rings. The maximum absolute atomic E-state index is 11.6. The van der Waals surface area contributed by atoms with Crippen LogP contribution in [0.5, 0.6) is 0 Å². The molecule has 2 aromatic rings. The average Bonchev–Trinajstić information content (AvgIpc) is 3.33. The first-order valence-electron chi connectivity index (χ1n) is 7.76. The van der Waals surface area contributed by atoms with Gasteiger partial charge in [-0.15, -0.1) is 0 Å². The second-order valence-corrected chi connectivity index (χ2v) is 6.14. The van der Waals surface area contributed by atoms with E-state index in [9.17, 15) is 4.79 Å². The Morgan fingerprint density at radius 1 is 1.32 bits per heavy atom. The van der Waals surface area contributed by atoms with Crippen LogP contribution in [0.15, 0.2) is 30.5 Å². The molecule has 0 saturated heterocycles. The van der Waals surface area contributed by atoms with E-state index >= 15 is 0 Å². The fraction of sp³-hybridized carbons (Fsp3) is 0.412. The Morgan fingerprint density at radius 3 is 3.00 bits per heavy atom. The first-order chi connectivity index (χ1) is 10.7. The lowest BCUT2D eigenvalue weighted by molar-refractivity contribution is -0.121. The normalized spacial score (nSPS) is 14.2. The monoisotopic (exact) mass is 317 g/mol. The molecule has 0 spiro atoms. The van der Waals surface area contributed by atoms with Crippen LogP contribution in [-0.4, -0.2) is 23.5 Å². The van der Waals surface area contributed by atoms with E-state index in [4.69, 9.17) is 11.6 Å². The number of rotatable bonds is 7. The Morgan fingerprint density at radius 2 is 2.18 bits per heavy atom. The number of hydrogen-bond acceptors (Lipinski definition) is 3. The summed E-state index contributed by atoms with van der Waals surface area (Å²) >= 11 is 6.19. The summed E-state index contributed by atoms with van der Waals surface area (Å²) in [5, 5.41) is 8.08. The zero-order chi connectivity index (χ0) is 15.4. The summed E-state index contributed by atoms with van der Waals surface area (Å²) in [4.78, 5) is 16.0. The van der Waals surface area contributed by atoms with Gasteiger partial charge in [0.2, 0.25) is 5.91 Å². The number of pyridine rings is 1. The number of amides is 1. The van der Waals surface area contributed by atoms with Crippen molar-refractivity contribution in [3.05, 3.63) is 41.0 Å². The molecule has 5 heteroatoms. The Kier molecular flexibility index (Phi) is 4.90. The van der Waals surface area contributed by atoms with E-state index in [1.807, 2.05) is 24.3 Å². The average molecular weight is 318 g/mol. The lowest BCUT2D eigenvalue weighted by Gasteiger charge is -2.09. The Bertz CT molecular complexity index is 670. The zero-order valence-electron chi connectivity index (χ0n) is 12.4. The molecule has 4 nitrogen and oxygen atoms in total.